The normalized spacial score (nSPS) is 10.9. The highest BCUT2D eigenvalue weighted by molar-refractivity contribution is 6.01. The third-order valence-corrected chi connectivity index (χ3v) is 2.91. The van der Waals surface area contributed by atoms with Gasteiger partial charge in [-0.25, -0.2) is 9.48 Å². The van der Waals surface area contributed by atoms with E-state index >= 15 is 0 Å². The van der Waals surface area contributed by atoms with E-state index in [4.69, 9.17) is 0 Å². The van der Waals surface area contributed by atoms with Gasteiger partial charge in [0.1, 0.15) is 6.54 Å². The molecule has 0 bridgehead atoms. The van der Waals surface area contributed by atoms with Crippen molar-refractivity contribution in [2.24, 2.45) is 7.05 Å². The average molecular weight is 286 g/mol. The number of fused-ring (bicyclic) bond motifs is 1. The molecule has 9 nitrogen and oxygen atoms in total. The third kappa shape index (κ3) is 2.24. The van der Waals surface area contributed by atoms with Crippen molar-refractivity contribution in [2.45, 2.75) is 6.54 Å². The lowest BCUT2D eigenvalue weighted by Gasteiger charge is -2.06. The number of rotatable bonds is 3. The molecule has 0 spiro atoms. The summed E-state index contributed by atoms with van der Waals surface area (Å²) in [6.45, 7) is -0.0439. The molecule has 2 aromatic heterocycles. The fraction of sp³-hybridized carbons (Fsp3) is 0.167. The molecule has 0 saturated carbocycles. The van der Waals surface area contributed by atoms with Gasteiger partial charge in [-0.15, -0.1) is 10.2 Å². The number of hydrogen-bond acceptors (Lipinski definition) is 6. The molecule has 106 valence electrons. The van der Waals surface area contributed by atoms with E-state index in [1.165, 1.54) is 4.80 Å². The van der Waals surface area contributed by atoms with Gasteiger partial charge in [-0.3, -0.25) is 4.79 Å². The lowest BCUT2D eigenvalue weighted by atomic mass is 10.1. The third-order valence-electron chi connectivity index (χ3n) is 2.91. The standard InChI is InChI=1S/C12H10N6O3/c1-17-14-9(13-16-17)6-18-11(19)8-5-3-2-4-7(8)10(15-18)12(20)21/h2-5H,6H2,1H3,(H,20,21). The first-order valence-corrected chi connectivity index (χ1v) is 6.02. The molecule has 1 aromatic carbocycles. The molecule has 0 aliphatic rings. The van der Waals surface area contributed by atoms with Gasteiger partial charge in [0.05, 0.1) is 12.4 Å². The Hall–Kier alpha value is -3.10. The Bertz CT molecular complexity index is 897. The van der Waals surface area contributed by atoms with Crippen LogP contribution in [0.3, 0.4) is 0 Å². The second-order valence-corrected chi connectivity index (χ2v) is 4.36. The topological polar surface area (TPSA) is 116 Å². The lowest BCUT2D eigenvalue weighted by Crippen LogP contribution is -2.27. The maximum Gasteiger partial charge on any atom is 0.357 e. The summed E-state index contributed by atoms with van der Waals surface area (Å²) in [6, 6.07) is 6.44. The van der Waals surface area contributed by atoms with Gasteiger partial charge in [0.25, 0.3) is 5.56 Å². The number of tetrazole rings is 1. The molecule has 0 aliphatic carbocycles. The summed E-state index contributed by atoms with van der Waals surface area (Å²) in [6.07, 6.45) is 0. The molecule has 0 aliphatic heterocycles. The Kier molecular flexibility index (Phi) is 2.94. The number of benzene rings is 1. The Morgan fingerprint density at radius 3 is 2.57 bits per heavy atom. The summed E-state index contributed by atoms with van der Waals surface area (Å²) in [5.41, 5.74) is -0.586. The van der Waals surface area contributed by atoms with Crippen LogP contribution in [-0.2, 0) is 13.6 Å². The minimum absolute atomic E-state index is 0.0439. The van der Waals surface area contributed by atoms with Crippen molar-refractivity contribution in [3.8, 4) is 0 Å². The van der Waals surface area contributed by atoms with E-state index < -0.39 is 11.5 Å². The number of nitrogens with zero attached hydrogens (tertiary/aromatic N) is 6. The summed E-state index contributed by atoms with van der Waals surface area (Å²) in [7, 11) is 1.59. The zero-order valence-electron chi connectivity index (χ0n) is 11.0. The fourth-order valence-corrected chi connectivity index (χ4v) is 2.02. The van der Waals surface area contributed by atoms with E-state index in [2.05, 4.69) is 20.5 Å². The van der Waals surface area contributed by atoms with Crippen LogP contribution in [0.15, 0.2) is 29.1 Å². The summed E-state index contributed by atoms with van der Waals surface area (Å²) in [5, 5.41) is 25.1. The maximum absolute atomic E-state index is 12.3. The maximum atomic E-state index is 12.3. The van der Waals surface area contributed by atoms with Crippen molar-refractivity contribution in [2.75, 3.05) is 0 Å². The first-order valence-electron chi connectivity index (χ1n) is 6.02. The molecule has 0 saturated heterocycles. The van der Waals surface area contributed by atoms with E-state index in [-0.39, 0.29) is 23.4 Å². The van der Waals surface area contributed by atoms with E-state index in [1.807, 2.05) is 0 Å². The molecular weight excluding hydrogens is 276 g/mol. The molecule has 21 heavy (non-hydrogen) atoms. The van der Waals surface area contributed by atoms with Crippen LogP contribution in [0, 0.1) is 0 Å². The fourth-order valence-electron chi connectivity index (χ4n) is 2.02. The Balaban J connectivity index is 2.21. The van der Waals surface area contributed by atoms with E-state index in [9.17, 15) is 14.7 Å². The summed E-state index contributed by atoms with van der Waals surface area (Å²) in [5.74, 6) is -0.925. The number of aryl methyl sites for hydroxylation is 1. The summed E-state index contributed by atoms with van der Waals surface area (Å²) in [4.78, 5) is 24.9. The highest BCUT2D eigenvalue weighted by atomic mass is 16.4. The molecular formula is C12H10N6O3. The Morgan fingerprint density at radius 2 is 1.95 bits per heavy atom. The van der Waals surface area contributed by atoms with Gasteiger partial charge in [0, 0.05) is 5.39 Å². The van der Waals surface area contributed by atoms with Crippen LogP contribution in [0.5, 0.6) is 0 Å². The highest BCUT2D eigenvalue weighted by Gasteiger charge is 2.16. The van der Waals surface area contributed by atoms with Gasteiger partial charge in [-0.05, 0) is 11.3 Å². The molecule has 0 radical (unpaired) electrons. The van der Waals surface area contributed by atoms with Gasteiger partial charge in [0.2, 0.25) is 0 Å². The van der Waals surface area contributed by atoms with Gasteiger partial charge < -0.3 is 5.11 Å². The molecule has 2 heterocycles. The van der Waals surface area contributed by atoms with E-state index in [1.54, 1.807) is 31.3 Å². The van der Waals surface area contributed by atoms with Crippen LogP contribution in [0.25, 0.3) is 10.8 Å². The first kappa shape index (κ1) is 12.9. The SMILES string of the molecule is Cn1nnc(Cn2nc(C(=O)O)c3ccccc3c2=O)n1. The van der Waals surface area contributed by atoms with Crippen LogP contribution in [0.1, 0.15) is 16.3 Å². The van der Waals surface area contributed by atoms with Crippen molar-refractivity contribution >= 4 is 16.7 Å². The van der Waals surface area contributed by atoms with Gasteiger partial charge in [0.15, 0.2) is 11.5 Å². The predicted molar refractivity (Wildman–Crippen MR) is 70.9 cm³/mol. The Morgan fingerprint density at radius 1 is 1.24 bits per heavy atom. The quantitative estimate of drug-likeness (QED) is 0.700. The molecule has 0 unspecified atom stereocenters. The number of hydrogen-bond donors (Lipinski definition) is 1. The summed E-state index contributed by atoms with van der Waals surface area (Å²) >= 11 is 0. The minimum atomic E-state index is -1.20. The van der Waals surface area contributed by atoms with Crippen LogP contribution < -0.4 is 5.56 Å². The average Bonchev–Trinajstić information content (AvgIpc) is 2.87. The molecule has 0 atom stereocenters. The molecule has 3 rings (SSSR count). The van der Waals surface area contributed by atoms with Crippen molar-refractivity contribution in [3.63, 3.8) is 0 Å². The van der Waals surface area contributed by atoms with E-state index in [0.29, 0.717) is 5.39 Å². The smallest absolute Gasteiger partial charge is 0.357 e. The largest absolute Gasteiger partial charge is 0.476 e. The molecule has 0 amide bonds. The zero-order chi connectivity index (χ0) is 15.0. The highest BCUT2D eigenvalue weighted by Crippen LogP contribution is 2.13. The van der Waals surface area contributed by atoms with Crippen molar-refractivity contribution in [3.05, 3.63) is 46.1 Å². The number of carbonyl (C=O) groups is 1. The van der Waals surface area contributed by atoms with Crippen LogP contribution in [0.4, 0.5) is 0 Å². The van der Waals surface area contributed by atoms with Crippen LogP contribution >= 0.6 is 0 Å². The molecule has 9 heteroatoms. The Labute approximate surface area is 117 Å². The minimum Gasteiger partial charge on any atom is -0.476 e. The van der Waals surface area contributed by atoms with E-state index in [0.717, 1.165) is 4.68 Å². The van der Waals surface area contributed by atoms with Crippen molar-refractivity contribution in [1.82, 2.24) is 30.0 Å². The van der Waals surface area contributed by atoms with Crippen LogP contribution in [0.2, 0.25) is 0 Å². The van der Waals surface area contributed by atoms with Gasteiger partial charge >= 0.3 is 5.97 Å². The molecule has 0 fully saturated rings. The molecule has 3 aromatic rings. The molecule has 1 N–H and O–H groups in total. The zero-order valence-corrected chi connectivity index (χ0v) is 11.0. The first-order chi connectivity index (χ1) is 10.1. The number of carboxylic acid groups (broad SMARTS) is 1. The summed E-state index contributed by atoms with van der Waals surface area (Å²) < 4.78 is 1.03. The number of aromatic carboxylic acids is 1. The second-order valence-electron chi connectivity index (χ2n) is 4.36. The number of carboxylic acids is 1. The van der Waals surface area contributed by atoms with Gasteiger partial charge in [-0.1, -0.05) is 18.2 Å². The van der Waals surface area contributed by atoms with Crippen LogP contribution in [-0.4, -0.2) is 41.1 Å². The number of aromatic nitrogens is 6. The van der Waals surface area contributed by atoms with Crippen molar-refractivity contribution in [1.29, 1.82) is 0 Å². The second kappa shape index (κ2) is 4.78. The van der Waals surface area contributed by atoms with Gasteiger partial charge in [-0.2, -0.15) is 9.90 Å². The monoisotopic (exact) mass is 286 g/mol. The predicted octanol–water partition coefficient (Wildman–Crippen LogP) is -0.334. The lowest BCUT2D eigenvalue weighted by molar-refractivity contribution is 0.0690. The van der Waals surface area contributed by atoms with Crippen molar-refractivity contribution < 1.29 is 9.90 Å².